The first kappa shape index (κ1) is 13.5. The average molecular weight is 282 g/mol. The van der Waals surface area contributed by atoms with Gasteiger partial charge in [0.05, 0.1) is 16.5 Å². The molecule has 0 bridgehead atoms. The Kier molecular flexibility index (Phi) is 4.32. The monoisotopic (exact) mass is 281 g/mol. The van der Waals surface area contributed by atoms with E-state index >= 15 is 0 Å². The van der Waals surface area contributed by atoms with Gasteiger partial charge in [-0.3, -0.25) is 4.68 Å². The maximum absolute atomic E-state index is 6.18. The van der Waals surface area contributed by atoms with E-state index in [0.717, 1.165) is 15.5 Å². The molecule has 2 rings (SSSR count). The molecule has 1 aromatic heterocycles. The SMILES string of the molecule is CC(N)C(Sc1ccccc1Cl)c1cnn(C)c1. The normalized spacial score (nSPS) is 14.4. The van der Waals surface area contributed by atoms with Gasteiger partial charge >= 0.3 is 0 Å². The van der Waals surface area contributed by atoms with Crippen molar-refractivity contribution in [1.82, 2.24) is 9.78 Å². The third-order valence-electron chi connectivity index (χ3n) is 2.62. The molecule has 3 nitrogen and oxygen atoms in total. The molecule has 1 aromatic carbocycles. The van der Waals surface area contributed by atoms with E-state index in [1.54, 1.807) is 16.4 Å². The number of benzene rings is 1. The molecule has 0 spiro atoms. The standard InChI is InChI=1S/C13H16ClN3S/c1-9(15)13(10-7-16-17(2)8-10)18-12-6-4-3-5-11(12)14/h3-9,13H,15H2,1-2H3. The first-order chi connectivity index (χ1) is 8.58. The predicted octanol–water partition coefficient (Wildman–Crippen LogP) is 3.25. The lowest BCUT2D eigenvalue weighted by molar-refractivity contribution is 0.718. The van der Waals surface area contributed by atoms with Crippen LogP contribution < -0.4 is 5.73 Å². The van der Waals surface area contributed by atoms with Crippen molar-refractivity contribution in [3.05, 3.63) is 47.2 Å². The Balaban J connectivity index is 2.25. The van der Waals surface area contributed by atoms with Crippen molar-refractivity contribution in [2.24, 2.45) is 12.8 Å². The number of nitrogens with two attached hydrogens (primary N) is 1. The van der Waals surface area contributed by atoms with Crippen LogP contribution in [-0.4, -0.2) is 15.8 Å². The number of hydrogen-bond acceptors (Lipinski definition) is 3. The first-order valence-electron chi connectivity index (χ1n) is 5.73. The van der Waals surface area contributed by atoms with Gasteiger partial charge in [0.1, 0.15) is 0 Å². The van der Waals surface area contributed by atoms with Gasteiger partial charge in [-0.05, 0) is 19.1 Å². The minimum absolute atomic E-state index is 0.0236. The van der Waals surface area contributed by atoms with Crippen LogP contribution in [0.1, 0.15) is 17.7 Å². The minimum Gasteiger partial charge on any atom is -0.327 e. The third-order valence-corrected chi connectivity index (χ3v) is 4.63. The zero-order chi connectivity index (χ0) is 13.1. The fourth-order valence-electron chi connectivity index (χ4n) is 1.74. The molecule has 96 valence electrons. The molecule has 0 fully saturated rings. The zero-order valence-electron chi connectivity index (χ0n) is 10.4. The van der Waals surface area contributed by atoms with E-state index in [4.69, 9.17) is 17.3 Å². The first-order valence-corrected chi connectivity index (χ1v) is 6.99. The summed E-state index contributed by atoms with van der Waals surface area (Å²) in [6.45, 7) is 2.00. The average Bonchev–Trinajstić information content (AvgIpc) is 2.74. The highest BCUT2D eigenvalue weighted by Gasteiger charge is 2.20. The van der Waals surface area contributed by atoms with Gasteiger partial charge in [0.25, 0.3) is 0 Å². The summed E-state index contributed by atoms with van der Waals surface area (Å²) in [6, 6.07) is 7.84. The Hall–Kier alpha value is -0.970. The number of aromatic nitrogens is 2. The number of aryl methyl sites for hydroxylation is 1. The molecular weight excluding hydrogens is 266 g/mol. The minimum atomic E-state index is 0.0236. The molecule has 0 aliphatic carbocycles. The Morgan fingerprint density at radius 1 is 1.39 bits per heavy atom. The molecule has 0 aliphatic heterocycles. The smallest absolute Gasteiger partial charge is 0.0542 e. The summed E-state index contributed by atoms with van der Waals surface area (Å²) in [5, 5.41) is 5.11. The quantitative estimate of drug-likeness (QED) is 0.875. The maximum Gasteiger partial charge on any atom is 0.0542 e. The molecule has 1 heterocycles. The van der Waals surface area contributed by atoms with Crippen LogP contribution in [0, 0.1) is 0 Å². The van der Waals surface area contributed by atoms with Crippen molar-refractivity contribution in [3.8, 4) is 0 Å². The highest BCUT2D eigenvalue weighted by molar-refractivity contribution is 7.99. The summed E-state index contributed by atoms with van der Waals surface area (Å²) in [5.74, 6) is 0. The molecule has 5 heteroatoms. The summed E-state index contributed by atoms with van der Waals surface area (Å²) in [4.78, 5) is 1.05. The topological polar surface area (TPSA) is 43.8 Å². The number of hydrogen-bond donors (Lipinski definition) is 1. The van der Waals surface area contributed by atoms with Crippen molar-refractivity contribution in [3.63, 3.8) is 0 Å². The maximum atomic E-state index is 6.18. The Labute approximate surface area is 116 Å². The highest BCUT2D eigenvalue weighted by atomic mass is 35.5. The highest BCUT2D eigenvalue weighted by Crippen LogP contribution is 2.39. The van der Waals surface area contributed by atoms with Gasteiger partial charge in [0.2, 0.25) is 0 Å². The van der Waals surface area contributed by atoms with E-state index in [1.807, 2.05) is 50.6 Å². The molecular formula is C13H16ClN3S. The molecule has 2 aromatic rings. The molecule has 2 unspecified atom stereocenters. The zero-order valence-corrected chi connectivity index (χ0v) is 11.9. The fourth-order valence-corrected chi connectivity index (χ4v) is 3.10. The van der Waals surface area contributed by atoms with Crippen molar-refractivity contribution >= 4 is 23.4 Å². The summed E-state index contributed by atoms with van der Waals surface area (Å²) >= 11 is 7.86. The van der Waals surface area contributed by atoms with Crippen LogP contribution >= 0.6 is 23.4 Å². The number of halogens is 1. The number of rotatable bonds is 4. The van der Waals surface area contributed by atoms with Crippen LogP contribution in [0.3, 0.4) is 0 Å². The van der Waals surface area contributed by atoms with Crippen LogP contribution in [0.25, 0.3) is 0 Å². The summed E-state index contributed by atoms with van der Waals surface area (Å²) < 4.78 is 1.79. The van der Waals surface area contributed by atoms with Crippen molar-refractivity contribution in [2.45, 2.75) is 23.1 Å². The van der Waals surface area contributed by atoms with Gasteiger partial charge in [-0.1, -0.05) is 23.7 Å². The Morgan fingerprint density at radius 2 is 2.11 bits per heavy atom. The lowest BCUT2D eigenvalue weighted by Crippen LogP contribution is -2.22. The van der Waals surface area contributed by atoms with Crippen LogP contribution in [-0.2, 0) is 7.05 Å². The van der Waals surface area contributed by atoms with Gasteiger partial charge in [0.15, 0.2) is 0 Å². The Bertz CT molecular complexity index is 524. The van der Waals surface area contributed by atoms with E-state index in [2.05, 4.69) is 5.10 Å². The number of thioether (sulfide) groups is 1. The van der Waals surface area contributed by atoms with Gasteiger partial charge < -0.3 is 5.73 Å². The van der Waals surface area contributed by atoms with E-state index in [-0.39, 0.29) is 11.3 Å². The molecule has 0 amide bonds. The van der Waals surface area contributed by atoms with Gasteiger partial charge in [0, 0.05) is 29.7 Å². The van der Waals surface area contributed by atoms with E-state index in [0.29, 0.717) is 0 Å². The van der Waals surface area contributed by atoms with Gasteiger partial charge in [-0.15, -0.1) is 11.8 Å². The van der Waals surface area contributed by atoms with E-state index in [9.17, 15) is 0 Å². The molecule has 0 saturated carbocycles. The van der Waals surface area contributed by atoms with E-state index in [1.165, 1.54) is 0 Å². The largest absolute Gasteiger partial charge is 0.327 e. The fraction of sp³-hybridized carbons (Fsp3) is 0.308. The molecule has 0 aliphatic rings. The van der Waals surface area contributed by atoms with Crippen molar-refractivity contribution < 1.29 is 0 Å². The lowest BCUT2D eigenvalue weighted by Gasteiger charge is -2.19. The van der Waals surface area contributed by atoms with Crippen LogP contribution in [0.15, 0.2) is 41.6 Å². The summed E-state index contributed by atoms with van der Waals surface area (Å²) in [7, 11) is 1.90. The van der Waals surface area contributed by atoms with E-state index < -0.39 is 0 Å². The second kappa shape index (κ2) is 5.78. The third kappa shape index (κ3) is 3.07. The van der Waals surface area contributed by atoms with Crippen LogP contribution in [0.4, 0.5) is 0 Å². The van der Waals surface area contributed by atoms with Gasteiger partial charge in [-0.25, -0.2) is 0 Å². The molecule has 2 atom stereocenters. The van der Waals surface area contributed by atoms with Crippen molar-refractivity contribution in [1.29, 1.82) is 0 Å². The lowest BCUT2D eigenvalue weighted by atomic mass is 10.1. The summed E-state index contributed by atoms with van der Waals surface area (Å²) in [5.41, 5.74) is 7.20. The Morgan fingerprint density at radius 3 is 2.67 bits per heavy atom. The molecule has 2 N–H and O–H groups in total. The van der Waals surface area contributed by atoms with Crippen LogP contribution in [0.2, 0.25) is 5.02 Å². The van der Waals surface area contributed by atoms with Gasteiger partial charge in [-0.2, -0.15) is 5.10 Å². The second-order valence-electron chi connectivity index (χ2n) is 4.28. The number of nitrogens with zero attached hydrogens (tertiary/aromatic N) is 2. The van der Waals surface area contributed by atoms with Crippen LogP contribution in [0.5, 0.6) is 0 Å². The second-order valence-corrected chi connectivity index (χ2v) is 5.87. The summed E-state index contributed by atoms with van der Waals surface area (Å²) in [6.07, 6.45) is 3.86. The molecule has 0 saturated heterocycles. The molecule has 18 heavy (non-hydrogen) atoms. The molecule has 0 radical (unpaired) electrons. The predicted molar refractivity (Wildman–Crippen MR) is 76.9 cm³/mol. The van der Waals surface area contributed by atoms with Crippen molar-refractivity contribution in [2.75, 3.05) is 0 Å².